The highest BCUT2D eigenvalue weighted by Crippen LogP contribution is 2.18. The first-order chi connectivity index (χ1) is 9.54. The summed E-state index contributed by atoms with van der Waals surface area (Å²) in [7, 11) is 1.99. The molecule has 0 aliphatic carbocycles. The van der Waals surface area contributed by atoms with Crippen molar-refractivity contribution in [1.82, 2.24) is 9.88 Å². The minimum Gasteiger partial charge on any atom is -0.388 e. The molecule has 2 atom stereocenters. The maximum absolute atomic E-state index is 12.8. The van der Waals surface area contributed by atoms with Crippen molar-refractivity contribution in [1.29, 1.82) is 0 Å². The van der Waals surface area contributed by atoms with E-state index in [2.05, 4.69) is 17.6 Å². The van der Waals surface area contributed by atoms with Crippen LogP contribution < -0.4 is 5.32 Å². The third-order valence-corrected chi connectivity index (χ3v) is 3.38. The molecular formula is C16H21FN2O. The maximum Gasteiger partial charge on any atom is 0.123 e. The van der Waals surface area contributed by atoms with E-state index in [1.807, 2.05) is 24.7 Å². The van der Waals surface area contributed by atoms with E-state index < -0.39 is 6.10 Å². The fourth-order valence-corrected chi connectivity index (χ4v) is 2.20. The molecule has 108 valence electrons. The smallest absolute Gasteiger partial charge is 0.123 e. The maximum atomic E-state index is 12.8. The van der Waals surface area contributed by atoms with Crippen LogP contribution in [-0.2, 0) is 13.6 Å². The Bertz CT molecular complexity index is 536. The zero-order valence-corrected chi connectivity index (χ0v) is 11.9. The van der Waals surface area contributed by atoms with Crippen LogP contribution >= 0.6 is 0 Å². The number of hydrogen-bond acceptors (Lipinski definition) is 2. The minimum atomic E-state index is -0.575. The molecule has 0 fully saturated rings. The summed E-state index contributed by atoms with van der Waals surface area (Å²) in [4.78, 5) is 0. The first kappa shape index (κ1) is 14.8. The SMILES string of the molecule is CC(CC(O)c1ccc(F)cc1)NCc1ccn(C)c1. The molecular weight excluding hydrogens is 255 g/mol. The van der Waals surface area contributed by atoms with Gasteiger partial charge in [0.05, 0.1) is 6.10 Å². The molecule has 2 aromatic rings. The minimum absolute atomic E-state index is 0.176. The molecule has 0 saturated heterocycles. The molecule has 0 aliphatic rings. The lowest BCUT2D eigenvalue weighted by molar-refractivity contribution is 0.153. The second-order valence-electron chi connectivity index (χ2n) is 5.27. The topological polar surface area (TPSA) is 37.2 Å². The lowest BCUT2D eigenvalue weighted by Crippen LogP contribution is -2.27. The highest BCUT2D eigenvalue weighted by Gasteiger charge is 2.12. The molecule has 20 heavy (non-hydrogen) atoms. The number of benzene rings is 1. The number of hydrogen-bond donors (Lipinski definition) is 2. The molecule has 4 heteroatoms. The number of nitrogens with zero attached hydrogens (tertiary/aromatic N) is 1. The third-order valence-electron chi connectivity index (χ3n) is 3.38. The molecule has 2 unspecified atom stereocenters. The summed E-state index contributed by atoms with van der Waals surface area (Å²) in [6.45, 7) is 2.81. The van der Waals surface area contributed by atoms with Gasteiger partial charge >= 0.3 is 0 Å². The average molecular weight is 276 g/mol. The molecule has 1 aromatic carbocycles. The summed E-state index contributed by atoms with van der Waals surface area (Å²) in [5.41, 5.74) is 1.97. The Morgan fingerprint density at radius 1 is 1.25 bits per heavy atom. The van der Waals surface area contributed by atoms with Crippen LogP contribution in [0.15, 0.2) is 42.7 Å². The number of aliphatic hydroxyl groups is 1. The number of nitrogens with one attached hydrogen (secondary N) is 1. The zero-order chi connectivity index (χ0) is 14.5. The van der Waals surface area contributed by atoms with Gasteiger partial charge in [0.15, 0.2) is 0 Å². The summed E-state index contributed by atoms with van der Waals surface area (Å²) in [6, 6.07) is 8.25. The highest BCUT2D eigenvalue weighted by atomic mass is 19.1. The highest BCUT2D eigenvalue weighted by molar-refractivity contribution is 5.18. The van der Waals surface area contributed by atoms with E-state index in [-0.39, 0.29) is 11.9 Å². The Balaban J connectivity index is 1.81. The van der Waals surface area contributed by atoms with Crippen molar-refractivity contribution < 1.29 is 9.50 Å². The van der Waals surface area contributed by atoms with Gasteiger partial charge in [-0.25, -0.2) is 4.39 Å². The second-order valence-corrected chi connectivity index (χ2v) is 5.27. The largest absolute Gasteiger partial charge is 0.388 e. The number of rotatable bonds is 6. The van der Waals surface area contributed by atoms with Crippen LogP contribution in [0.2, 0.25) is 0 Å². The first-order valence-electron chi connectivity index (χ1n) is 6.82. The number of halogens is 1. The predicted octanol–water partition coefficient (Wildman–Crippen LogP) is 2.77. The second kappa shape index (κ2) is 6.68. The van der Waals surface area contributed by atoms with E-state index in [0.29, 0.717) is 6.42 Å². The summed E-state index contributed by atoms with van der Waals surface area (Å²) < 4.78 is 14.8. The Morgan fingerprint density at radius 3 is 2.55 bits per heavy atom. The molecule has 2 N–H and O–H groups in total. The van der Waals surface area contributed by atoms with Crippen molar-refractivity contribution in [3.05, 3.63) is 59.7 Å². The fraction of sp³-hybridized carbons (Fsp3) is 0.375. The van der Waals surface area contributed by atoms with Crippen molar-refractivity contribution in [3.8, 4) is 0 Å². The Hall–Kier alpha value is -1.65. The molecule has 0 aliphatic heterocycles. The predicted molar refractivity (Wildman–Crippen MR) is 77.7 cm³/mol. The van der Waals surface area contributed by atoms with Crippen molar-refractivity contribution >= 4 is 0 Å². The Labute approximate surface area is 119 Å². The standard InChI is InChI=1S/C16H21FN2O/c1-12(18-10-13-7-8-19(2)11-13)9-16(20)14-3-5-15(17)6-4-14/h3-8,11-12,16,18,20H,9-10H2,1-2H3. The normalized spacial score (nSPS) is 14.2. The quantitative estimate of drug-likeness (QED) is 0.851. The first-order valence-corrected chi connectivity index (χ1v) is 6.82. The van der Waals surface area contributed by atoms with Gasteiger partial charge in [-0.05, 0) is 42.7 Å². The van der Waals surface area contributed by atoms with E-state index in [1.165, 1.54) is 17.7 Å². The average Bonchev–Trinajstić information content (AvgIpc) is 2.83. The number of aliphatic hydroxyl groups excluding tert-OH is 1. The molecule has 3 nitrogen and oxygen atoms in total. The lowest BCUT2D eigenvalue weighted by Gasteiger charge is -2.18. The van der Waals surface area contributed by atoms with E-state index in [4.69, 9.17) is 0 Å². The van der Waals surface area contributed by atoms with Gasteiger partial charge in [0.25, 0.3) is 0 Å². The number of aromatic nitrogens is 1. The van der Waals surface area contributed by atoms with Crippen LogP contribution in [0, 0.1) is 5.82 Å². The van der Waals surface area contributed by atoms with Gasteiger partial charge in [0, 0.05) is 32.0 Å². The molecule has 0 bridgehead atoms. The molecule has 0 radical (unpaired) electrons. The van der Waals surface area contributed by atoms with Crippen molar-refractivity contribution in [2.45, 2.75) is 32.0 Å². The van der Waals surface area contributed by atoms with Crippen molar-refractivity contribution in [3.63, 3.8) is 0 Å². The van der Waals surface area contributed by atoms with Crippen LogP contribution in [0.1, 0.15) is 30.6 Å². The van der Waals surface area contributed by atoms with E-state index in [0.717, 1.165) is 12.1 Å². The van der Waals surface area contributed by atoms with E-state index in [1.54, 1.807) is 12.1 Å². The van der Waals surface area contributed by atoms with Crippen molar-refractivity contribution in [2.75, 3.05) is 0 Å². The molecule has 1 heterocycles. The van der Waals surface area contributed by atoms with Gasteiger partial charge in [0.1, 0.15) is 5.82 Å². The van der Waals surface area contributed by atoms with Crippen LogP contribution in [0.5, 0.6) is 0 Å². The molecule has 2 rings (SSSR count). The van der Waals surface area contributed by atoms with Crippen LogP contribution in [-0.4, -0.2) is 15.7 Å². The Kier molecular flexibility index (Phi) is 4.93. The molecule has 0 amide bonds. The van der Waals surface area contributed by atoms with Gasteiger partial charge in [-0.1, -0.05) is 12.1 Å². The van der Waals surface area contributed by atoms with Gasteiger partial charge < -0.3 is 15.0 Å². The summed E-state index contributed by atoms with van der Waals surface area (Å²) in [6.07, 6.45) is 4.10. The monoisotopic (exact) mass is 276 g/mol. The summed E-state index contributed by atoms with van der Waals surface area (Å²) in [5.74, 6) is -0.281. The van der Waals surface area contributed by atoms with E-state index in [9.17, 15) is 9.50 Å². The molecule has 0 saturated carbocycles. The van der Waals surface area contributed by atoms with Crippen molar-refractivity contribution in [2.24, 2.45) is 7.05 Å². The molecule has 1 aromatic heterocycles. The molecule has 0 spiro atoms. The fourth-order valence-electron chi connectivity index (χ4n) is 2.20. The van der Waals surface area contributed by atoms with Gasteiger partial charge in [-0.15, -0.1) is 0 Å². The van der Waals surface area contributed by atoms with Gasteiger partial charge in [-0.3, -0.25) is 0 Å². The van der Waals surface area contributed by atoms with Crippen LogP contribution in [0.3, 0.4) is 0 Å². The van der Waals surface area contributed by atoms with Gasteiger partial charge in [0.2, 0.25) is 0 Å². The Morgan fingerprint density at radius 2 is 1.95 bits per heavy atom. The summed E-state index contributed by atoms with van der Waals surface area (Å²) >= 11 is 0. The lowest BCUT2D eigenvalue weighted by atomic mass is 10.0. The third kappa shape index (κ3) is 4.18. The van der Waals surface area contributed by atoms with Crippen LogP contribution in [0.25, 0.3) is 0 Å². The summed E-state index contributed by atoms with van der Waals surface area (Å²) in [5, 5.41) is 13.5. The van der Waals surface area contributed by atoms with Gasteiger partial charge in [-0.2, -0.15) is 0 Å². The number of aryl methyl sites for hydroxylation is 1. The zero-order valence-electron chi connectivity index (χ0n) is 11.9. The van der Waals surface area contributed by atoms with E-state index >= 15 is 0 Å². The van der Waals surface area contributed by atoms with Crippen LogP contribution in [0.4, 0.5) is 4.39 Å².